The molecule has 29 heavy (non-hydrogen) atoms. The van der Waals surface area contributed by atoms with Crippen LogP contribution in [-0.4, -0.2) is 28.0 Å². The monoisotopic (exact) mass is 395 g/mol. The second-order valence-corrected chi connectivity index (χ2v) is 5.86. The molecule has 3 aromatic rings. The van der Waals surface area contributed by atoms with Crippen LogP contribution in [0.25, 0.3) is 0 Å². The zero-order chi connectivity index (χ0) is 20.6. The summed E-state index contributed by atoms with van der Waals surface area (Å²) in [6, 6.07) is 17.0. The van der Waals surface area contributed by atoms with Crippen LogP contribution in [0.5, 0.6) is 11.5 Å². The smallest absolute Gasteiger partial charge is 0.328 e. The van der Waals surface area contributed by atoms with Crippen LogP contribution in [0.15, 0.2) is 76.4 Å². The van der Waals surface area contributed by atoms with Gasteiger partial charge >= 0.3 is 11.7 Å². The quantitative estimate of drug-likeness (QED) is 0.585. The number of aromatic nitrogens is 2. The lowest BCUT2D eigenvalue weighted by Gasteiger charge is -2.12. The van der Waals surface area contributed by atoms with Crippen LogP contribution >= 0.6 is 0 Å². The van der Waals surface area contributed by atoms with Crippen molar-refractivity contribution in [3.63, 3.8) is 0 Å². The lowest BCUT2D eigenvalue weighted by Crippen LogP contribution is -2.32. The molecule has 0 saturated heterocycles. The number of rotatable bonds is 7. The van der Waals surface area contributed by atoms with Gasteiger partial charge in [0, 0.05) is 12.3 Å². The highest BCUT2D eigenvalue weighted by Gasteiger charge is 2.12. The first-order valence-corrected chi connectivity index (χ1v) is 8.58. The Kier molecular flexibility index (Phi) is 6.21. The summed E-state index contributed by atoms with van der Waals surface area (Å²) in [5.41, 5.74) is -0.907. The molecule has 0 aliphatic carbocycles. The molecule has 2 aromatic carbocycles. The molecule has 0 saturated carbocycles. The van der Waals surface area contributed by atoms with Crippen LogP contribution in [0.3, 0.4) is 0 Å². The molecule has 0 bridgehead atoms. The fourth-order valence-electron chi connectivity index (χ4n) is 2.36. The highest BCUT2D eigenvalue weighted by molar-refractivity contribution is 5.94. The van der Waals surface area contributed by atoms with Gasteiger partial charge in [0.05, 0.1) is 5.69 Å². The van der Waals surface area contributed by atoms with E-state index in [-0.39, 0.29) is 0 Å². The number of anilines is 1. The zero-order valence-corrected chi connectivity index (χ0v) is 15.2. The average molecular weight is 395 g/mol. The first kappa shape index (κ1) is 19.6. The summed E-state index contributed by atoms with van der Waals surface area (Å²) in [5, 5.41) is 2.61. The second kappa shape index (κ2) is 9.18. The van der Waals surface area contributed by atoms with E-state index in [1.165, 1.54) is 6.20 Å². The van der Waals surface area contributed by atoms with Crippen LogP contribution in [0.1, 0.15) is 0 Å². The SMILES string of the molecule is O=C(COC(=O)Cn1ccc(=O)[nH]c1=O)Nc1ccccc1Oc1ccccc1. The van der Waals surface area contributed by atoms with E-state index >= 15 is 0 Å². The number of nitrogens with one attached hydrogen (secondary N) is 2. The summed E-state index contributed by atoms with van der Waals surface area (Å²) in [7, 11) is 0. The Morgan fingerprint density at radius 3 is 2.45 bits per heavy atom. The number of hydrogen-bond acceptors (Lipinski definition) is 6. The zero-order valence-electron chi connectivity index (χ0n) is 15.2. The number of nitrogens with zero attached hydrogens (tertiary/aromatic N) is 1. The molecule has 3 rings (SSSR count). The Labute approximate surface area is 164 Å². The third-order valence-corrected chi connectivity index (χ3v) is 3.69. The Hall–Kier alpha value is -4.14. The molecule has 148 valence electrons. The van der Waals surface area contributed by atoms with Gasteiger partial charge in [-0.3, -0.25) is 23.9 Å². The first-order chi connectivity index (χ1) is 14.0. The van der Waals surface area contributed by atoms with E-state index in [1.807, 2.05) is 23.2 Å². The number of para-hydroxylation sites is 3. The summed E-state index contributed by atoms with van der Waals surface area (Å²) in [5.74, 6) is -0.343. The molecule has 9 nitrogen and oxygen atoms in total. The van der Waals surface area contributed by atoms with Crippen molar-refractivity contribution in [2.24, 2.45) is 0 Å². The molecule has 1 amide bonds. The summed E-state index contributed by atoms with van der Waals surface area (Å²) >= 11 is 0. The Balaban J connectivity index is 1.56. The fraction of sp³-hybridized carbons (Fsp3) is 0.100. The second-order valence-electron chi connectivity index (χ2n) is 5.86. The minimum Gasteiger partial charge on any atom is -0.455 e. The maximum absolute atomic E-state index is 12.1. The van der Waals surface area contributed by atoms with Crippen molar-refractivity contribution in [2.75, 3.05) is 11.9 Å². The summed E-state index contributed by atoms with van der Waals surface area (Å²) in [4.78, 5) is 48.5. The van der Waals surface area contributed by atoms with Crippen LogP contribution in [0, 0.1) is 0 Å². The van der Waals surface area contributed by atoms with Gasteiger partial charge in [0.15, 0.2) is 12.4 Å². The molecule has 0 atom stereocenters. The molecular formula is C20H17N3O6. The average Bonchev–Trinajstić information content (AvgIpc) is 2.71. The predicted molar refractivity (Wildman–Crippen MR) is 104 cm³/mol. The van der Waals surface area contributed by atoms with Crippen molar-refractivity contribution < 1.29 is 19.1 Å². The molecule has 0 fully saturated rings. The highest BCUT2D eigenvalue weighted by atomic mass is 16.5. The number of esters is 1. The summed E-state index contributed by atoms with van der Waals surface area (Å²) in [6.45, 7) is -0.979. The van der Waals surface area contributed by atoms with E-state index in [2.05, 4.69) is 5.32 Å². The molecule has 1 heterocycles. The number of amides is 1. The highest BCUT2D eigenvalue weighted by Crippen LogP contribution is 2.28. The van der Waals surface area contributed by atoms with E-state index in [0.717, 1.165) is 10.6 Å². The number of hydrogen-bond donors (Lipinski definition) is 2. The van der Waals surface area contributed by atoms with Crippen LogP contribution < -0.4 is 21.3 Å². The molecule has 9 heteroatoms. The number of H-pyrrole nitrogens is 1. The minimum absolute atomic E-state index is 0.411. The Morgan fingerprint density at radius 2 is 1.69 bits per heavy atom. The van der Waals surface area contributed by atoms with E-state index in [1.54, 1.807) is 36.4 Å². The van der Waals surface area contributed by atoms with Crippen LogP contribution in [0.4, 0.5) is 5.69 Å². The topological polar surface area (TPSA) is 119 Å². The van der Waals surface area contributed by atoms with Gasteiger partial charge in [-0.2, -0.15) is 0 Å². The van der Waals surface area contributed by atoms with Gasteiger partial charge in [0.25, 0.3) is 11.5 Å². The van der Waals surface area contributed by atoms with E-state index in [0.29, 0.717) is 17.2 Å². The minimum atomic E-state index is -0.803. The standard InChI is InChI=1S/C20H17N3O6/c24-17-10-11-23(20(27)22-17)12-19(26)28-13-18(25)21-15-8-4-5-9-16(15)29-14-6-2-1-3-7-14/h1-11H,12-13H2,(H,21,25)(H,22,24,27). The third-order valence-electron chi connectivity index (χ3n) is 3.69. The van der Waals surface area contributed by atoms with Gasteiger partial charge < -0.3 is 14.8 Å². The van der Waals surface area contributed by atoms with Crippen molar-refractivity contribution in [3.05, 3.63) is 87.7 Å². The van der Waals surface area contributed by atoms with E-state index < -0.39 is 36.3 Å². The molecule has 0 spiro atoms. The van der Waals surface area contributed by atoms with Crippen molar-refractivity contribution in [1.29, 1.82) is 0 Å². The van der Waals surface area contributed by atoms with Crippen molar-refractivity contribution >= 4 is 17.6 Å². The van der Waals surface area contributed by atoms with E-state index in [9.17, 15) is 19.2 Å². The van der Waals surface area contributed by atoms with Gasteiger partial charge in [-0.25, -0.2) is 4.79 Å². The first-order valence-electron chi connectivity index (χ1n) is 8.58. The third kappa shape index (κ3) is 5.67. The van der Waals surface area contributed by atoms with Crippen LogP contribution in [0.2, 0.25) is 0 Å². The van der Waals surface area contributed by atoms with Crippen LogP contribution in [-0.2, 0) is 20.9 Å². The van der Waals surface area contributed by atoms with Crippen molar-refractivity contribution in [3.8, 4) is 11.5 Å². The number of ether oxygens (including phenoxy) is 2. The van der Waals surface area contributed by atoms with E-state index in [4.69, 9.17) is 9.47 Å². The molecule has 0 aliphatic rings. The summed E-state index contributed by atoms with van der Waals surface area (Å²) in [6.07, 6.45) is 1.17. The number of aromatic amines is 1. The van der Waals surface area contributed by atoms with Crippen molar-refractivity contribution in [2.45, 2.75) is 6.54 Å². The maximum atomic E-state index is 12.1. The Bertz CT molecular complexity index is 1120. The van der Waals surface area contributed by atoms with Gasteiger partial charge in [0.2, 0.25) is 0 Å². The fourth-order valence-corrected chi connectivity index (χ4v) is 2.36. The molecular weight excluding hydrogens is 378 g/mol. The number of benzene rings is 2. The lowest BCUT2D eigenvalue weighted by atomic mass is 10.3. The van der Waals surface area contributed by atoms with Gasteiger partial charge in [-0.1, -0.05) is 30.3 Å². The summed E-state index contributed by atoms with van der Waals surface area (Å²) < 4.78 is 11.6. The molecule has 2 N–H and O–H groups in total. The maximum Gasteiger partial charge on any atom is 0.328 e. The molecule has 0 radical (unpaired) electrons. The lowest BCUT2D eigenvalue weighted by molar-refractivity contribution is -0.148. The molecule has 0 aliphatic heterocycles. The predicted octanol–water partition coefficient (Wildman–Crippen LogP) is 1.51. The van der Waals surface area contributed by atoms with Gasteiger partial charge in [-0.05, 0) is 24.3 Å². The largest absolute Gasteiger partial charge is 0.455 e. The number of carbonyl (C=O) groups is 2. The molecule has 1 aromatic heterocycles. The number of carbonyl (C=O) groups excluding carboxylic acids is 2. The normalized spacial score (nSPS) is 10.2. The van der Waals surface area contributed by atoms with Gasteiger partial charge in [-0.15, -0.1) is 0 Å². The van der Waals surface area contributed by atoms with Crippen molar-refractivity contribution in [1.82, 2.24) is 9.55 Å². The molecule has 0 unspecified atom stereocenters. The Morgan fingerprint density at radius 1 is 0.966 bits per heavy atom. The van der Waals surface area contributed by atoms with Gasteiger partial charge in [0.1, 0.15) is 12.3 Å².